The Hall–Kier alpha value is -1.96. The molecular weight excluding hydrogens is 422 g/mol. The first-order chi connectivity index (χ1) is 14.5. The van der Waals surface area contributed by atoms with E-state index in [0.717, 1.165) is 24.4 Å². The van der Waals surface area contributed by atoms with Crippen molar-refractivity contribution in [2.75, 3.05) is 31.6 Å². The molecule has 1 aromatic heterocycles. The Labute approximate surface area is 187 Å². The molecule has 0 saturated heterocycles. The highest BCUT2D eigenvalue weighted by atomic mass is 35.5. The molecule has 164 valence electrons. The molecule has 0 aliphatic heterocycles. The molecule has 2 atom stereocenters. The van der Waals surface area contributed by atoms with E-state index in [-0.39, 0.29) is 17.7 Å². The minimum Gasteiger partial charge on any atom is -0.459 e. The van der Waals surface area contributed by atoms with E-state index >= 15 is 0 Å². The van der Waals surface area contributed by atoms with Crippen LogP contribution >= 0.6 is 23.4 Å². The van der Waals surface area contributed by atoms with Crippen LogP contribution in [0.1, 0.15) is 42.4 Å². The van der Waals surface area contributed by atoms with Crippen LogP contribution < -0.4 is 10.6 Å². The maximum atomic E-state index is 13.0. The fourth-order valence-corrected chi connectivity index (χ4v) is 4.04. The highest BCUT2D eigenvalue weighted by Gasteiger charge is 2.25. The smallest absolute Gasteiger partial charge is 0.287 e. The zero-order chi connectivity index (χ0) is 21.9. The van der Waals surface area contributed by atoms with Crippen LogP contribution in [0.15, 0.2) is 47.1 Å². The Kier molecular flexibility index (Phi) is 10.3. The van der Waals surface area contributed by atoms with E-state index in [1.54, 1.807) is 23.9 Å². The third-order valence-electron chi connectivity index (χ3n) is 4.96. The second-order valence-corrected chi connectivity index (χ2v) is 8.18. The molecule has 1 aromatic carbocycles. The number of nitrogens with zero attached hydrogens (tertiary/aromatic N) is 1. The number of hydrogen-bond donors (Lipinski definition) is 2. The Morgan fingerprint density at radius 2 is 1.90 bits per heavy atom. The molecule has 2 aromatic rings. The van der Waals surface area contributed by atoms with E-state index in [2.05, 4.69) is 29.4 Å². The average Bonchev–Trinajstić information content (AvgIpc) is 3.29. The fourth-order valence-electron chi connectivity index (χ4n) is 3.31. The summed E-state index contributed by atoms with van der Waals surface area (Å²) in [6.45, 7) is 6.22. The van der Waals surface area contributed by atoms with E-state index in [4.69, 9.17) is 16.0 Å². The SMILES string of the molecule is CCN(CC)C(CNC(=O)C(CCSC)NC(=O)c1ccco1)c1ccccc1Cl. The summed E-state index contributed by atoms with van der Waals surface area (Å²) in [5, 5.41) is 6.49. The molecule has 2 amide bonds. The maximum absolute atomic E-state index is 13.0. The Bertz CT molecular complexity index is 797. The van der Waals surface area contributed by atoms with Crippen molar-refractivity contribution in [3.63, 3.8) is 0 Å². The minimum absolute atomic E-state index is 0.0559. The Balaban J connectivity index is 2.11. The summed E-state index contributed by atoms with van der Waals surface area (Å²) in [7, 11) is 0. The zero-order valence-corrected chi connectivity index (χ0v) is 19.3. The quantitative estimate of drug-likeness (QED) is 0.510. The van der Waals surface area contributed by atoms with E-state index in [9.17, 15) is 9.59 Å². The van der Waals surface area contributed by atoms with Crippen molar-refractivity contribution in [3.8, 4) is 0 Å². The Morgan fingerprint density at radius 1 is 1.17 bits per heavy atom. The van der Waals surface area contributed by atoms with Gasteiger partial charge in [-0.3, -0.25) is 14.5 Å². The van der Waals surface area contributed by atoms with Gasteiger partial charge in [0.25, 0.3) is 5.91 Å². The van der Waals surface area contributed by atoms with Crippen molar-refractivity contribution in [3.05, 3.63) is 59.0 Å². The van der Waals surface area contributed by atoms with Crippen LogP contribution in [-0.4, -0.2) is 54.4 Å². The van der Waals surface area contributed by atoms with Crippen LogP contribution in [0.5, 0.6) is 0 Å². The molecule has 1 heterocycles. The molecule has 2 rings (SSSR count). The van der Waals surface area contributed by atoms with Gasteiger partial charge in [-0.2, -0.15) is 11.8 Å². The lowest BCUT2D eigenvalue weighted by molar-refractivity contribution is -0.123. The topological polar surface area (TPSA) is 74.6 Å². The van der Waals surface area contributed by atoms with Gasteiger partial charge in [0.1, 0.15) is 6.04 Å². The van der Waals surface area contributed by atoms with Crippen molar-refractivity contribution in [1.29, 1.82) is 0 Å². The highest BCUT2D eigenvalue weighted by molar-refractivity contribution is 7.98. The van der Waals surface area contributed by atoms with Crippen molar-refractivity contribution < 1.29 is 14.0 Å². The largest absolute Gasteiger partial charge is 0.459 e. The number of carbonyl (C=O) groups excluding carboxylic acids is 2. The summed E-state index contributed by atoms with van der Waals surface area (Å²) in [5.74, 6) is 0.329. The van der Waals surface area contributed by atoms with E-state index < -0.39 is 11.9 Å². The summed E-state index contributed by atoms with van der Waals surface area (Å²) in [4.78, 5) is 27.6. The van der Waals surface area contributed by atoms with Gasteiger partial charge in [0.15, 0.2) is 5.76 Å². The lowest BCUT2D eigenvalue weighted by atomic mass is 10.0. The number of furan rings is 1. The molecule has 8 heteroatoms. The summed E-state index contributed by atoms with van der Waals surface area (Å²) in [6.07, 6.45) is 3.93. The third kappa shape index (κ3) is 6.79. The first kappa shape index (κ1) is 24.3. The normalized spacial score (nSPS) is 13.1. The number of thioether (sulfide) groups is 1. The second kappa shape index (κ2) is 12.7. The molecule has 0 aliphatic carbocycles. The molecule has 30 heavy (non-hydrogen) atoms. The first-order valence-corrected chi connectivity index (χ1v) is 11.9. The number of amides is 2. The van der Waals surface area contributed by atoms with E-state index in [0.29, 0.717) is 18.0 Å². The predicted octanol–water partition coefficient (Wildman–Crippen LogP) is 3.98. The standard InChI is InChI=1S/C22H30ClN3O3S/c1-4-26(5-2)19(16-9-6-7-10-17(16)23)15-24-21(27)18(12-14-30-3)25-22(28)20-11-8-13-29-20/h6-11,13,18-19H,4-5,12,14-15H2,1-3H3,(H,24,27)(H,25,28). The van der Waals surface area contributed by atoms with Crippen LogP contribution in [0.2, 0.25) is 5.02 Å². The van der Waals surface area contributed by atoms with Crippen LogP contribution in [0, 0.1) is 0 Å². The van der Waals surface area contributed by atoms with Crippen molar-refractivity contribution in [1.82, 2.24) is 15.5 Å². The molecule has 2 N–H and O–H groups in total. The zero-order valence-electron chi connectivity index (χ0n) is 17.7. The number of hydrogen-bond acceptors (Lipinski definition) is 5. The summed E-state index contributed by atoms with van der Waals surface area (Å²) >= 11 is 8.07. The lowest BCUT2D eigenvalue weighted by Gasteiger charge is -2.31. The van der Waals surface area contributed by atoms with Crippen molar-refractivity contribution in [2.45, 2.75) is 32.4 Å². The molecule has 2 unspecified atom stereocenters. The van der Waals surface area contributed by atoms with Crippen molar-refractivity contribution >= 4 is 35.2 Å². The first-order valence-electron chi connectivity index (χ1n) is 10.1. The second-order valence-electron chi connectivity index (χ2n) is 6.79. The lowest BCUT2D eigenvalue weighted by Crippen LogP contribution is -2.49. The number of benzene rings is 1. The van der Waals surface area contributed by atoms with E-state index in [1.165, 1.54) is 6.26 Å². The van der Waals surface area contributed by atoms with Gasteiger partial charge in [-0.25, -0.2) is 0 Å². The summed E-state index contributed by atoms with van der Waals surface area (Å²) in [6, 6.07) is 10.2. The number of halogens is 1. The molecule has 0 fully saturated rings. The van der Waals surface area contributed by atoms with Crippen molar-refractivity contribution in [2.24, 2.45) is 0 Å². The number of carbonyl (C=O) groups is 2. The minimum atomic E-state index is -0.640. The van der Waals surface area contributed by atoms with Crippen LogP contribution in [0.3, 0.4) is 0 Å². The molecule has 0 radical (unpaired) electrons. The van der Waals surface area contributed by atoms with Gasteiger partial charge in [-0.1, -0.05) is 43.6 Å². The van der Waals surface area contributed by atoms with Gasteiger partial charge in [0.2, 0.25) is 5.91 Å². The monoisotopic (exact) mass is 451 g/mol. The number of rotatable bonds is 12. The summed E-state index contributed by atoms with van der Waals surface area (Å²) in [5.41, 5.74) is 0.975. The molecule has 0 bridgehead atoms. The average molecular weight is 452 g/mol. The third-order valence-corrected chi connectivity index (χ3v) is 5.95. The molecule has 6 nitrogen and oxygen atoms in total. The summed E-state index contributed by atoms with van der Waals surface area (Å²) < 4.78 is 5.14. The number of likely N-dealkylation sites (N-methyl/N-ethyl adjacent to an activating group) is 1. The molecule has 0 saturated carbocycles. The van der Waals surface area contributed by atoms with Gasteiger partial charge >= 0.3 is 0 Å². The van der Waals surface area contributed by atoms with Gasteiger partial charge in [-0.15, -0.1) is 0 Å². The van der Waals surface area contributed by atoms with Gasteiger partial charge < -0.3 is 15.1 Å². The van der Waals surface area contributed by atoms with Gasteiger partial charge in [0.05, 0.1) is 12.3 Å². The maximum Gasteiger partial charge on any atom is 0.287 e. The van der Waals surface area contributed by atoms with Crippen LogP contribution in [-0.2, 0) is 4.79 Å². The van der Waals surface area contributed by atoms with Gasteiger partial charge in [0, 0.05) is 11.6 Å². The van der Waals surface area contributed by atoms with Crippen LogP contribution in [0.4, 0.5) is 0 Å². The predicted molar refractivity (Wildman–Crippen MR) is 123 cm³/mol. The highest BCUT2D eigenvalue weighted by Crippen LogP contribution is 2.27. The molecule has 0 aliphatic rings. The van der Waals surface area contributed by atoms with Crippen LogP contribution in [0.25, 0.3) is 0 Å². The number of nitrogens with one attached hydrogen (secondary N) is 2. The fraction of sp³-hybridized carbons (Fsp3) is 0.455. The van der Waals surface area contributed by atoms with E-state index in [1.807, 2.05) is 30.5 Å². The van der Waals surface area contributed by atoms with Gasteiger partial charge in [-0.05, 0) is 55.3 Å². The molecular formula is C22H30ClN3O3S. The Morgan fingerprint density at radius 3 is 2.50 bits per heavy atom. The molecule has 0 spiro atoms.